The maximum Gasteiger partial charge on any atom is 0.296 e. The zero-order valence-corrected chi connectivity index (χ0v) is 27.7. The second-order valence-corrected chi connectivity index (χ2v) is 15.1. The van der Waals surface area contributed by atoms with E-state index in [9.17, 15) is 29.8 Å². The molecule has 7 N–H and O–H groups in total. The molecule has 2 aromatic carbocycles. The summed E-state index contributed by atoms with van der Waals surface area (Å²) in [6, 6.07) is 9.08. The van der Waals surface area contributed by atoms with E-state index in [1.54, 1.807) is 0 Å². The molecule has 22 nitrogen and oxygen atoms in total. The SMILES string of the molecule is Nc1nc(N)c(N=Nc2ccc(S(=O)(=O)CCOSOOO)cc2S(=O)(=O)O)cc1N=Nc1ccc(S(=O)(=O)CCOSOOO)cc1. The number of aromatic nitrogens is 1. The predicted molar refractivity (Wildman–Crippen MR) is 165 cm³/mol. The molecule has 1 heterocycles. The number of pyridine rings is 1. The molecule has 0 fully saturated rings. The lowest BCUT2D eigenvalue weighted by Crippen LogP contribution is -2.12. The smallest absolute Gasteiger partial charge is 0.296 e. The van der Waals surface area contributed by atoms with Crippen LogP contribution >= 0.6 is 24.6 Å². The average molecular weight is 774 g/mol. The fourth-order valence-corrected chi connectivity index (χ4v) is 6.82. The highest BCUT2D eigenvalue weighted by Gasteiger charge is 2.22. The first kappa shape index (κ1) is 39.0. The minimum absolute atomic E-state index is 0.0476. The third-order valence-corrected chi connectivity index (χ3v) is 10.4. The molecule has 0 spiro atoms. The maximum atomic E-state index is 12.6. The Hall–Kier alpha value is -3.42. The van der Waals surface area contributed by atoms with Gasteiger partial charge in [-0.1, -0.05) is 10.1 Å². The summed E-state index contributed by atoms with van der Waals surface area (Å²) in [6.45, 7) is -0.730. The van der Waals surface area contributed by atoms with Crippen LogP contribution < -0.4 is 11.5 Å². The molecule has 0 radical (unpaired) electrons. The highest BCUT2D eigenvalue weighted by atomic mass is 32.2. The van der Waals surface area contributed by atoms with Gasteiger partial charge in [-0.3, -0.25) is 12.9 Å². The molecule has 3 aromatic rings. The van der Waals surface area contributed by atoms with E-state index in [0.717, 1.165) is 12.1 Å². The minimum Gasteiger partial charge on any atom is -0.382 e. The van der Waals surface area contributed by atoms with Gasteiger partial charge < -0.3 is 11.5 Å². The van der Waals surface area contributed by atoms with Crippen LogP contribution in [0.1, 0.15) is 0 Å². The van der Waals surface area contributed by atoms with E-state index in [1.165, 1.54) is 30.3 Å². The van der Waals surface area contributed by atoms with E-state index in [2.05, 4.69) is 44.2 Å². The molecular formula is C21H23N7O15S5. The summed E-state index contributed by atoms with van der Waals surface area (Å²) in [7, 11) is -12.9. The predicted octanol–water partition coefficient (Wildman–Crippen LogP) is 3.87. The van der Waals surface area contributed by atoms with Crippen LogP contribution in [0.3, 0.4) is 0 Å². The molecular weight excluding hydrogens is 751 g/mol. The molecule has 0 aliphatic carbocycles. The minimum atomic E-state index is -5.02. The van der Waals surface area contributed by atoms with Gasteiger partial charge in [0.15, 0.2) is 56.0 Å². The van der Waals surface area contributed by atoms with Crippen molar-refractivity contribution in [3.63, 3.8) is 0 Å². The molecule has 0 aliphatic heterocycles. The van der Waals surface area contributed by atoms with Crippen LogP contribution in [-0.4, -0.2) is 70.0 Å². The molecule has 0 amide bonds. The Morgan fingerprint density at radius 1 is 0.667 bits per heavy atom. The standard InChI is InChI=1S/C21H23N7O15S5/c22-20-17(27-25-13-1-3-14(4-2-13)46(31,32)9-7-38-44-42-40-29)12-18(21(23)24-20)28-26-16-6-5-15(11-19(16)48(35,36)37)47(33,34)10-8-39-45-43-41-30/h1-6,11-12,29-30H,7-10H2,(H4,22,23,24)(H,35,36,37). The Kier molecular flexibility index (Phi) is 14.5. The maximum absolute atomic E-state index is 12.6. The lowest BCUT2D eigenvalue weighted by Gasteiger charge is -2.08. The second kappa shape index (κ2) is 17.8. The molecule has 3 rings (SSSR count). The Morgan fingerprint density at radius 2 is 1.15 bits per heavy atom. The van der Waals surface area contributed by atoms with Gasteiger partial charge in [0.2, 0.25) is 0 Å². The van der Waals surface area contributed by atoms with Gasteiger partial charge in [-0.2, -0.15) is 13.5 Å². The highest BCUT2D eigenvalue weighted by Crippen LogP contribution is 2.34. The quantitative estimate of drug-likeness (QED) is 0.0288. The van der Waals surface area contributed by atoms with Crippen LogP contribution in [0, 0.1) is 0 Å². The fourth-order valence-electron chi connectivity index (χ4n) is 3.25. The van der Waals surface area contributed by atoms with Gasteiger partial charge in [0.05, 0.1) is 40.2 Å². The zero-order chi connectivity index (χ0) is 35.4. The topological polar surface area (TPSA) is 333 Å². The van der Waals surface area contributed by atoms with Gasteiger partial charge in [-0.15, -0.1) is 24.0 Å². The summed E-state index contributed by atoms with van der Waals surface area (Å²) in [5.41, 5.74) is 11.2. The van der Waals surface area contributed by atoms with Crippen molar-refractivity contribution in [1.29, 1.82) is 0 Å². The Balaban J connectivity index is 1.80. The van der Waals surface area contributed by atoms with E-state index in [1.807, 2.05) is 0 Å². The zero-order valence-electron chi connectivity index (χ0n) is 23.6. The Bertz CT molecular complexity index is 1950. The number of sulfone groups is 2. The van der Waals surface area contributed by atoms with Crippen molar-refractivity contribution in [2.24, 2.45) is 20.5 Å². The number of nitrogens with two attached hydrogens (primary N) is 2. The first-order chi connectivity index (χ1) is 22.7. The van der Waals surface area contributed by atoms with Crippen molar-refractivity contribution in [2.75, 3.05) is 36.2 Å². The van der Waals surface area contributed by atoms with Gasteiger partial charge in [-0.05, 0) is 42.5 Å². The number of anilines is 2. The molecule has 0 saturated carbocycles. The van der Waals surface area contributed by atoms with E-state index in [-0.39, 0.29) is 64.8 Å². The molecule has 0 atom stereocenters. The van der Waals surface area contributed by atoms with Gasteiger partial charge in [0.1, 0.15) is 22.0 Å². The monoisotopic (exact) mass is 773 g/mol. The van der Waals surface area contributed by atoms with Crippen molar-refractivity contribution < 1.29 is 67.4 Å². The number of nitrogen functional groups attached to an aromatic ring is 2. The molecule has 0 bridgehead atoms. The van der Waals surface area contributed by atoms with Crippen LogP contribution in [0.4, 0.5) is 34.4 Å². The number of nitrogens with zero attached hydrogens (tertiary/aromatic N) is 5. The normalized spacial score (nSPS) is 12.7. The lowest BCUT2D eigenvalue weighted by molar-refractivity contribution is -0.434. The lowest BCUT2D eigenvalue weighted by atomic mass is 10.3. The van der Waals surface area contributed by atoms with Gasteiger partial charge in [-0.25, -0.2) is 32.3 Å². The summed E-state index contributed by atoms with van der Waals surface area (Å²) in [4.78, 5) is 2.44. The van der Waals surface area contributed by atoms with Crippen LogP contribution in [0.25, 0.3) is 0 Å². The van der Waals surface area contributed by atoms with E-state index < -0.39 is 63.4 Å². The summed E-state index contributed by atoms with van der Waals surface area (Å²) >= 11 is 0.381. The molecule has 27 heteroatoms. The van der Waals surface area contributed by atoms with E-state index in [4.69, 9.17) is 30.3 Å². The van der Waals surface area contributed by atoms with Crippen LogP contribution in [0.5, 0.6) is 0 Å². The third kappa shape index (κ3) is 11.6. The Morgan fingerprint density at radius 3 is 1.67 bits per heavy atom. The first-order valence-electron chi connectivity index (χ1n) is 12.3. The van der Waals surface area contributed by atoms with E-state index in [0.29, 0.717) is 6.07 Å². The summed E-state index contributed by atoms with van der Waals surface area (Å²) in [6.07, 6.45) is 0. The summed E-state index contributed by atoms with van der Waals surface area (Å²) in [5.74, 6) is -1.51. The average Bonchev–Trinajstić information content (AvgIpc) is 3.03. The Labute approximate surface area is 280 Å². The van der Waals surface area contributed by atoms with Gasteiger partial charge in [0, 0.05) is 6.07 Å². The number of hydrogen-bond acceptors (Lipinski definition) is 23. The summed E-state index contributed by atoms with van der Waals surface area (Å²) < 4.78 is 101. The molecule has 0 unspecified atom stereocenters. The fraction of sp³-hybridized carbons (Fsp3) is 0.190. The highest BCUT2D eigenvalue weighted by molar-refractivity contribution is 7.92. The number of rotatable bonds is 19. The van der Waals surface area contributed by atoms with Crippen molar-refractivity contribution in [3.05, 3.63) is 48.5 Å². The van der Waals surface area contributed by atoms with Gasteiger partial charge in [0.25, 0.3) is 10.1 Å². The number of benzene rings is 2. The van der Waals surface area contributed by atoms with Crippen molar-refractivity contribution in [2.45, 2.75) is 14.7 Å². The molecule has 262 valence electrons. The van der Waals surface area contributed by atoms with Gasteiger partial charge >= 0.3 is 0 Å². The number of azo groups is 2. The van der Waals surface area contributed by atoms with Crippen molar-refractivity contribution in [1.82, 2.24) is 4.98 Å². The first-order valence-corrected chi connectivity index (χ1v) is 18.3. The second-order valence-electron chi connectivity index (χ2n) is 8.50. The molecule has 48 heavy (non-hydrogen) atoms. The van der Waals surface area contributed by atoms with Crippen molar-refractivity contribution in [3.8, 4) is 0 Å². The summed E-state index contributed by atoms with van der Waals surface area (Å²) in [5, 5.41) is 38.2. The molecule has 1 aromatic heterocycles. The van der Waals surface area contributed by atoms with Crippen LogP contribution in [0.2, 0.25) is 0 Å². The van der Waals surface area contributed by atoms with E-state index >= 15 is 0 Å². The van der Waals surface area contributed by atoms with Crippen molar-refractivity contribution >= 4 is 88.8 Å². The van der Waals surface area contributed by atoms with Crippen LogP contribution in [-0.2, 0) is 56.9 Å². The number of hydrogen-bond donors (Lipinski definition) is 5. The molecule has 0 aliphatic rings. The molecule has 0 saturated heterocycles. The largest absolute Gasteiger partial charge is 0.382 e. The van der Waals surface area contributed by atoms with Crippen LogP contribution in [0.15, 0.2) is 83.7 Å². The third-order valence-electron chi connectivity index (χ3n) is 5.43.